The zero-order chi connectivity index (χ0) is 18.6. The van der Waals surface area contributed by atoms with Crippen molar-refractivity contribution in [3.8, 4) is 16.5 Å². The molecule has 1 aromatic carbocycles. The standard InChI is InChI=1S/C21H21N3O2S/c1-26-17-6-4-5-16(13-17)15-8-11-24(12-9-15)21(25)19-14-23-20(27-19)18-7-2-3-10-22-18/h2-7,10,13-15H,8-9,11-12H2,1H3. The van der Waals surface area contributed by atoms with Crippen molar-refractivity contribution in [1.82, 2.24) is 14.9 Å². The highest BCUT2D eigenvalue weighted by Gasteiger charge is 2.26. The molecule has 1 fully saturated rings. The molecule has 5 nitrogen and oxygen atoms in total. The first-order chi connectivity index (χ1) is 13.2. The zero-order valence-corrected chi connectivity index (χ0v) is 16.0. The minimum Gasteiger partial charge on any atom is -0.497 e. The maximum absolute atomic E-state index is 12.8. The van der Waals surface area contributed by atoms with Crippen molar-refractivity contribution in [3.05, 3.63) is 65.3 Å². The monoisotopic (exact) mass is 379 g/mol. The van der Waals surface area contributed by atoms with Gasteiger partial charge in [0.15, 0.2) is 0 Å². The molecule has 0 N–H and O–H groups in total. The van der Waals surface area contributed by atoms with Gasteiger partial charge in [-0.2, -0.15) is 0 Å². The summed E-state index contributed by atoms with van der Waals surface area (Å²) in [5, 5.41) is 0.783. The van der Waals surface area contributed by atoms with Gasteiger partial charge in [0.25, 0.3) is 5.91 Å². The highest BCUT2D eigenvalue weighted by atomic mass is 32.1. The van der Waals surface area contributed by atoms with E-state index in [-0.39, 0.29) is 5.91 Å². The number of aromatic nitrogens is 2. The minimum absolute atomic E-state index is 0.0683. The lowest BCUT2D eigenvalue weighted by atomic mass is 9.89. The number of pyridine rings is 1. The maximum atomic E-state index is 12.8. The molecule has 4 rings (SSSR count). The Labute approximate surface area is 162 Å². The van der Waals surface area contributed by atoms with Gasteiger partial charge in [-0.1, -0.05) is 18.2 Å². The van der Waals surface area contributed by atoms with Crippen molar-refractivity contribution in [1.29, 1.82) is 0 Å². The number of piperidine rings is 1. The molecule has 0 spiro atoms. The van der Waals surface area contributed by atoms with Crippen LogP contribution in [0.4, 0.5) is 0 Å². The number of benzene rings is 1. The Hall–Kier alpha value is -2.73. The summed E-state index contributed by atoms with van der Waals surface area (Å²) in [6, 6.07) is 13.9. The van der Waals surface area contributed by atoms with E-state index in [0.29, 0.717) is 10.8 Å². The van der Waals surface area contributed by atoms with E-state index in [9.17, 15) is 4.79 Å². The van der Waals surface area contributed by atoms with Crippen LogP contribution >= 0.6 is 11.3 Å². The molecule has 0 radical (unpaired) electrons. The lowest BCUT2D eigenvalue weighted by Crippen LogP contribution is -2.37. The van der Waals surface area contributed by atoms with Crippen molar-refractivity contribution in [3.63, 3.8) is 0 Å². The SMILES string of the molecule is COc1cccc(C2CCN(C(=O)c3cnc(-c4ccccn4)s3)CC2)c1. The molecule has 0 aliphatic carbocycles. The molecule has 2 aromatic heterocycles. The van der Waals surface area contributed by atoms with E-state index in [2.05, 4.69) is 22.1 Å². The fourth-order valence-electron chi connectivity index (χ4n) is 3.45. The molecule has 138 valence electrons. The van der Waals surface area contributed by atoms with Gasteiger partial charge in [-0.15, -0.1) is 11.3 Å². The molecular weight excluding hydrogens is 358 g/mol. The van der Waals surface area contributed by atoms with E-state index in [1.54, 1.807) is 19.5 Å². The zero-order valence-electron chi connectivity index (χ0n) is 15.2. The lowest BCUT2D eigenvalue weighted by molar-refractivity contribution is 0.0717. The Balaban J connectivity index is 1.41. The van der Waals surface area contributed by atoms with Gasteiger partial charge in [-0.25, -0.2) is 4.98 Å². The summed E-state index contributed by atoms with van der Waals surface area (Å²) in [4.78, 5) is 24.1. The van der Waals surface area contributed by atoms with Crippen LogP contribution in [0.2, 0.25) is 0 Å². The third-order valence-electron chi connectivity index (χ3n) is 4.95. The fourth-order valence-corrected chi connectivity index (χ4v) is 4.31. The molecule has 0 atom stereocenters. The van der Waals surface area contributed by atoms with Crippen LogP contribution < -0.4 is 4.74 Å². The highest BCUT2D eigenvalue weighted by Crippen LogP contribution is 2.31. The number of hydrogen-bond acceptors (Lipinski definition) is 5. The first-order valence-corrected chi connectivity index (χ1v) is 9.86. The lowest BCUT2D eigenvalue weighted by Gasteiger charge is -2.32. The van der Waals surface area contributed by atoms with Crippen LogP contribution in [-0.2, 0) is 0 Å². The highest BCUT2D eigenvalue weighted by molar-refractivity contribution is 7.16. The Bertz CT molecular complexity index is 918. The van der Waals surface area contributed by atoms with E-state index < -0.39 is 0 Å². The molecule has 1 saturated heterocycles. The van der Waals surface area contributed by atoms with E-state index in [1.807, 2.05) is 35.2 Å². The van der Waals surface area contributed by atoms with Crippen LogP contribution in [0, 0.1) is 0 Å². The maximum Gasteiger partial charge on any atom is 0.265 e. The predicted molar refractivity (Wildman–Crippen MR) is 106 cm³/mol. The molecule has 3 heterocycles. The van der Waals surface area contributed by atoms with Gasteiger partial charge in [-0.3, -0.25) is 9.78 Å². The van der Waals surface area contributed by atoms with Crippen LogP contribution in [0.15, 0.2) is 54.9 Å². The number of methoxy groups -OCH3 is 1. The van der Waals surface area contributed by atoms with E-state index in [4.69, 9.17) is 4.74 Å². The Morgan fingerprint density at radius 2 is 2.00 bits per heavy atom. The number of thiazole rings is 1. The van der Waals surface area contributed by atoms with Crippen molar-refractivity contribution in [2.75, 3.05) is 20.2 Å². The average molecular weight is 379 g/mol. The molecular formula is C21H21N3O2S. The number of likely N-dealkylation sites (tertiary alicyclic amines) is 1. The smallest absolute Gasteiger partial charge is 0.265 e. The van der Waals surface area contributed by atoms with E-state index in [1.165, 1.54) is 16.9 Å². The quantitative estimate of drug-likeness (QED) is 0.681. The van der Waals surface area contributed by atoms with Gasteiger partial charge in [0.1, 0.15) is 15.6 Å². The fraction of sp³-hybridized carbons (Fsp3) is 0.286. The van der Waals surface area contributed by atoms with Crippen LogP contribution in [-0.4, -0.2) is 41.0 Å². The molecule has 0 bridgehead atoms. The molecule has 1 aliphatic heterocycles. The van der Waals surface area contributed by atoms with Gasteiger partial charge in [0.05, 0.1) is 19.0 Å². The van der Waals surface area contributed by atoms with Crippen LogP contribution in [0.1, 0.15) is 34.0 Å². The molecule has 6 heteroatoms. The summed E-state index contributed by atoms with van der Waals surface area (Å²) in [6.07, 6.45) is 5.34. The summed E-state index contributed by atoms with van der Waals surface area (Å²) in [7, 11) is 1.69. The van der Waals surface area contributed by atoms with Crippen molar-refractivity contribution < 1.29 is 9.53 Å². The normalized spacial score (nSPS) is 14.9. The number of carbonyl (C=O) groups is 1. The van der Waals surface area contributed by atoms with Gasteiger partial charge in [0.2, 0.25) is 0 Å². The van der Waals surface area contributed by atoms with E-state index >= 15 is 0 Å². The average Bonchev–Trinajstić information content (AvgIpc) is 3.24. The Morgan fingerprint density at radius 1 is 1.15 bits per heavy atom. The molecule has 1 aliphatic rings. The van der Waals surface area contributed by atoms with Crippen LogP contribution in [0.3, 0.4) is 0 Å². The number of carbonyl (C=O) groups excluding carboxylic acids is 1. The van der Waals surface area contributed by atoms with Crippen molar-refractivity contribution in [2.24, 2.45) is 0 Å². The van der Waals surface area contributed by atoms with Crippen molar-refractivity contribution >= 4 is 17.2 Å². The molecule has 0 saturated carbocycles. The summed E-state index contributed by atoms with van der Waals surface area (Å²) >= 11 is 1.41. The third-order valence-corrected chi connectivity index (χ3v) is 5.96. The van der Waals surface area contributed by atoms with Crippen molar-refractivity contribution in [2.45, 2.75) is 18.8 Å². The third kappa shape index (κ3) is 3.85. The second-order valence-corrected chi connectivity index (χ2v) is 7.62. The first kappa shape index (κ1) is 17.7. The molecule has 0 unspecified atom stereocenters. The van der Waals surface area contributed by atoms with Crippen LogP contribution in [0.25, 0.3) is 10.7 Å². The van der Waals surface area contributed by atoms with Crippen LogP contribution in [0.5, 0.6) is 5.75 Å². The van der Waals surface area contributed by atoms with Gasteiger partial charge in [-0.05, 0) is 48.6 Å². The van der Waals surface area contributed by atoms with Gasteiger partial charge in [0, 0.05) is 19.3 Å². The first-order valence-electron chi connectivity index (χ1n) is 9.05. The molecule has 3 aromatic rings. The number of hydrogen-bond donors (Lipinski definition) is 0. The molecule has 27 heavy (non-hydrogen) atoms. The number of amides is 1. The largest absolute Gasteiger partial charge is 0.497 e. The minimum atomic E-state index is 0.0683. The second-order valence-electron chi connectivity index (χ2n) is 6.59. The van der Waals surface area contributed by atoms with Gasteiger partial charge >= 0.3 is 0 Å². The summed E-state index contributed by atoms with van der Waals surface area (Å²) in [5.74, 6) is 1.42. The topological polar surface area (TPSA) is 55.3 Å². The molecule has 1 amide bonds. The Morgan fingerprint density at radius 3 is 2.74 bits per heavy atom. The number of ether oxygens (including phenoxy) is 1. The Kier molecular flexibility index (Phi) is 5.16. The summed E-state index contributed by atoms with van der Waals surface area (Å²) in [6.45, 7) is 1.52. The second kappa shape index (κ2) is 7.88. The van der Waals surface area contributed by atoms with E-state index in [0.717, 1.165) is 42.4 Å². The van der Waals surface area contributed by atoms with Gasteiger partial charge < -0.3 is 9.64 Å². The summed E-state index contributed by atoms with van der Waals surface area (Å²) in [5.41, 5.74) is 2.09. The number of rotatable bonds is 4. The number of nitrogens with zero attached hydrogens (tertiary/aromatic N) is 3. The summed E-state index contributed by atoms with van der Waals surface area (Å²) < 4.78 is 5.33. The predicted octanol–water partition coefficient (Wildman–Crippen LogP) is 4.23.